The van der Waals surface area contributed by atoms with Crippen molar-refractivity contribution in [2.24, 2.45) is 10.2 Å². The van der Waals surface area contributed by atoms with E-state index < -0.39 is 0 Å². The average molecular weight is 338 g/mol. The minimum atomic E-state index is 0.688. The number of aryl methyl sites for hydroxylation is 1. The zero-order valence-corrected chi connectivity index (χ0v) is 14.3. The van der Waals surface area contributed by atoms with Crippen LogP contribution in [0, 0.1) is 6.92 Å². The van der Waals surface area contributed by atoms with Crippen LogP contribution in [0.3, 0.4) is 0 Å². The SMILES string of the molecule is Cc1cc(N2CCOCC2)ccc1N=Nc1nc2ccccc2s1. The van der Waals surface area contributed by atoms with Crippen LogP contribution in [-0.2, 0) is 4.74 Å². The van der Waals surface area contributed by atoms with E-state index in [-0.39, 0.29) is 0 Å². The van der Waals surface area contributed by atoms with E-state index in [0.717, 1.165) is 47.8 Å². The second kappa shape index (κ2) is 6.67. The first-order valence-corrected chi connectivity index (χ1v) is 8.82. The molecule has 0 bridgehead atoms. The monoisotopic (exact) mass is 338 g/mol. The standard InChI is InChI=1S/C18H18N4OS/c1-13-12-14(22-8-10-23-11-9-22)6-7-15(13)20-21-18-19-16-4-2-3-5-17(16)24-18/h2-7,12H,8-11H2,1H3. The number of hydrogen-bond acceptors (Lipinski definition) is 6. The molecule has 0 atom stereocenters. The van der Waals surface area contributed by atoms with Crippen molar-refractivity contribution in [1.82, 2.24) is 4.98 Å². The summed E-state index contributed by atoms with van der Waals surface area (Å²) >= 11 is 1.55. The maximum absolute atomic E-state index is 5.41. The van der Waals surface area contributed by atoms with Gasteiger partial charge in [-0.15, -0.1) is 10.2 Å². The lowest BCUT2D eigenvalue weighted by atomic mass is 10.1. The van der Waals surface area contributed by atoms with Crippen LogP contribution in [0.15, 0.2) is 52.7 Å². The number of para-hydroxylation sites is 1. The lowest BCUT2D eigenvalue weighted by Gasteiger charge is -2.29. The number of rotatable bonds is 3. The number of azo groups is 1. The molecule has 0 aliphatic carbocycles. The van der Waals surface area contributed by atoms with Gasteiger partial charge in [-0.2, -0.15) is 0 Å². The van der Waals surface area contributed by atoms with E-state index in [1.165, 1.54) is 5.69 Å². The molecule has 2 heterocycles. The number of aromatic nitrogens is 1. The molecule has 24 heavy (non-hydrogen) atoms. The van der Waals surface area contributed by atoms with Gasteiger partial charge < -0.3 is 9.64 Å². The van der Waals surface area contributed by atoms with Crippen molar-refractivity contribution in [3.63, 3.8) is 0 Å². The van der Waals surface area contributed by atoms with Gasteiger partial charge in [0.05, 0.1) is 29.1 Å². The fourth-order valence-corrected chi connectivity index (χ4v) is 3.56. The molecule has 0 radical (unpaired) electrons. The van der Waals surface area contributed by atoms with Crippen molar-refractivity contribution in [1.29, 1.82) is 0 Å². The average Bonchev–Trinajstić information content (AvgIpc) is 3.04. The molecule has 0 N–H and O–H groups in total. The van der Waals surface area contributed by atoms with Crippen LogP contribution in [0.2, 0.25) is 0 Å². The number of benzene rings is 2. The predicted molar refractivity (Wildman–Crippen MR) is 98.0 cm³/mol. The molecule has 5 nitrogen and oxygen atoms in total. The van der Waals surface area contributed by atoms with Crippen molar-refractivity contribution >= 4 is 38.1 Å². The summed E-state index contributed by atoms with van der Waals surface area (Å²) in [6.07, 6.45) is 0. The Morgan fingerprint density at radius 1 is 1.08 bits per heavy atom. The molecule has 2 aromatic carbocycles. The first-order chi connectivity index (χ1) is 11.8. The first-order valence-electron chi connectivity index (χ1n) is 8.00. The molecule has 0 amide bonds. The van der Waals surface area contributed by atoms with Crippen LogP contribution >= 0.6 is 11.3 Å². The summed E-state index contributed by atoms with van der Waals surface area (Å²) in [4.78, 5) is 6.82. The Kier molecular flexibility index (Phi) is 4.23. The zero-order valence-electron chi connectivity index (χ0n) is 13.5. The molecule has 1 aliphatic rings. The maximum atomic E-state index is 5.41. The molecular weight excluding hydrogens is 320 g/mol. The molecule has 1 aromatic heterocycles. The van der Waals surface area contributed by atoms with E-state index >= 15 is 0 Å². The summed E-state index contributed by atoms with van der Waals surface area (Å²) in [6.45, 7) is 5.52. The maximum Gasteiger partial charge on any atom is 0.231 e. The highest BCUT2D eigenvalue weighted by molar-refractivity contribution is 7.21. The minimum Gasteiger partial charge on any atom is -0.378 e. The zero-order chi connectivity index (χ0) is 16.4. The molecule has 1 fully saturated rings. The summed E-state index contributed by atoms with van der Waals surface area (Å²) in [5.74, 6) is 0. The van der Waals surface area contributed by atoms with Crippen molar-refractivity contribution in [2.45, 2.75) is 6.92 Å². The lowest BCUT2D eigenvalue weighted by molar-refractivity contribution is 0.122. The molecule has 0 unspecified atom stereocenters. The van der Waals surface area contributed by atoms with E-state index in [4.69, 9.17) is 4.74 Å². The van der Waals surface area contributed by atoms with E-state index in [0.29, 0.717) is 5.13 Å². The van der Waals surface area contributed by atoms with E-state index in [9.17, 15) is 0 Å². The molecule has 0 saturated carbocycles. The van der Waals surface area contributed by atoms with Crippen molar-refractivity contribution < 1.29 is 4.74 Å². The summed E-state index contributed by atoms with van der Waals surface area (Å²) in [5, 5.41) is 9.39. The number of morpholine rings is 1. The Hall–Kier alpha value is -2.31. The number of nitrogens with zero attached hydrogens (tertiary/aromatic N) is 4. The Bertz CT molecular complexity index is 851. The van der Waals surface area contributed by atoms with Gasteiger partial charge in [0.15, 0.2) is 0 Å². The van der Waals surface area contributed by atoms with Crippen molar-refractivity contribution in [3.05, 3.63) is 48.0 Å². The lowest BCUT2D eigenvalue weighted by Crippen LogP contribution is -2.36. The topological polar surface area (TPSA) is 50.1 Å². The quantitative estimate of drug-likeness (QED) is 0.641. The highest BCUT2D eigenvalue weighted by Crippen LogP contribution is 2.31. The van der Waals surface area contributed by atoms with E-state index in [1.807, 2.05) is 30.3 Å². The normalized spacial score (nSPS) is 15.5. The predicted octanol–water partition coefficient (Wildman–Crippen LogP) is 4.86. The Morgan fingerprint density at radius 3 is 2.71 bits per heavy atom. The van der Waals surface area contributed by atoms with Gasteiger partial charge in [-0.25, -0.2) is 4.98 Å². The van der Waals surface area contributed by atoms with Crippen molar-refractivity contribution in [3.8, 4) is 0 Å². The fourth-order valence-electron chi connectivity index (χ4n) is 2.77. The number of fused-ring (bicyclic) bond motifs is 1. The molecule has 4 rings (SSSR count). The van der Waals surface area contributed by atoms with Gasteiger partial charge in [0.25, 0.3) is 0 Å². The van der Waals surface area contributed by atoms with Gasteiger partial charge in [0.1, 0.15) is 0 Å². The van der Waals surface area contributed by atoms with Gasteiger partial charge in [-0.3, -0.25) is 0 Å². The second-order valence-electron chi connectivity index (χ2n) is 5.73. The van der Waals surface area contributed by atoms with Crippen LogP contribution < -0.4 is 4.90 Å². The van der Waals surface area contributed by atoms with Gasteiger partial charge in [-0.1, -0.05) is 23.5 Å². The van der Waals surface area contributed by atoms with Crippen LogP contribution in [0.25, 0.3) is 10.2 Å². The molecule has 3 aromatic rings. The molecule has 1 saturated heterocycles. The van der Waals surface area contributed by atoms with Gasteiger partial charge in [-0.05, 0) is 42.8 Å². The largest absolute Gasteiger partial charge is 0.378 e. The number of thiazole rings is 1. The van der Waals surface area contributed by atoms with Gasteiger partial charge in [0.2, 0.25) is 5.13 Å². The van der Waals surface area contributed by atoms with Crippen LogP contribution in [0.4, 0.5) is 16.5 Å². The third-order valence-corrected chi connectivity index (χ3v) is 5.00. The summed E-state index contributed by atoms with van der Waals surface area (Å²) in [7, 11) is 0. The number of hydrogen-bond donors (Lipinski definition) is 0. The molecule has 0 spiro atoms. The number of ether oxygens (including phenoxy) is 1. The minimum absolute atomic E-state index is 0.688. The molecular formula is C18H18N4OS. The Labute approximate surface area is 144 Å². The Morgan fingerprint density at radius 2 is 1.92 bits per heavy atom. The summed E-state index contributed by atoms with van der Waals surface area (Å²) in [6, 6.07) is 14.3. The second-order valence-corrected chi connectivity index (χ2v) is 6.74. The van der Waals surface area contributed by atoms with E-state index in [2.05, 4.69) is 39.2 Å². The van der Waals surface area contributed by atoms with Gasteiger partial charge >= 0.3 is 0 Å². The van der Waals surface area contributed by atoms with Crippen LogP contribution in [-0.4, -0.2) is 31.3 Å². The molecule has 122 valence electrons. The highest BCUT2D eigenvalue weighted by atomic mass is 32.1. The Balaban J connectivity index is 1.55. The highest BCUT2D eigenvalue weighted by Gasteiger charge is 2.12. The number of anilines is 1. The van der Waals surface area contributed by atoms with Crippen molar-refractivity contribution in [2.75, 3.05) is 31.2 Å². The molecule has 1 aliphatic heterocycles. The van der Waals surface area contributed by atoms with Crippen LogP contribution in [0.5, 0.6) is 0 Å². The van der Waals surface area contributed by atoms with E-state index in [1.54, 1.807) is 11.3 Å². The molecule has 6 heteroatoms. The summed E-state index contributed by atoms with van der Waals surface area (Å²) in [5.41, 5.74) is 4.18. The first kappa shape index (κ1) is 15.2. The van der Waals surface area contributed by atoms with Gasteiger partial charge in [0, 0.05) is 18.8 Å². The fraction of sp³-hybridized carbons (Fsp3) is 0.278. The van der Waals surface area contributed by atoms with Crippen LogP contribution in [0.1, 0.15) is 5.56 Å². The third kappa shape index (κ3) is 3.16. The third-order valence-electron chi connectivity index (χ3n) is 4.08. The smallest absolute Gasteiger partial charge is 0.231 e. The summed E-state index contributed by atoms with van der Waals surface area (Å²) < 4.78 is 6.54.